The fourth-order valence-electron chi connectivity index (χ4n) is 1.48. The van der Waals surface area contributed by atoms with Gasteiger partial charge in [0.25, 0.3) is 0 Å². The molecular weight excluding hydrogens is 324 g/mol. The smallest absolute Gasteiger partial charge is 0.141 e. The van der Waals surface area contributed by atoms with E-state index in [1.54, 1.807) is 18.2 Å². The molecule has 0 bridgehead atoms. The van der Waals surface area contributed by atoms with E-state index < -0.39 is 5.82 Å². The molecule has 0 atom stereocenters. The third-order valence-corrected chi connectivity index (χ3v) is 3.34. The molecule has 2 aromatic rings. The summed E-state index contributed by atoms with van der Waals surface area (Å²) >= 11 is 8.94. The average molecular weight is 333 g/mol. The van der Waals surface area contributed by atoms with Crippen LogP contribution in [0.4, 0.5) is 14.5 Å². The van der Waals surface area contributed by atoms with E-state index in [0.717, 1.165) is 11.3 Å². The predicted molar refractivity (Wildman–Crippen MR) is 72.8 cm³/mol. The fourth-order valence-corrected chi connectivity index (χ4v) is 2.17. The first-order valence-electron chi connectivity index (χ1n) is 5.19. The van der Waals surface area contributed by atoms with E-state index in [2.05, 4.69) is 21.2 Å². The molecule has 1 N–H and O–H groups in total. The Morgan fingerprint density at radius 3 is 2.56 bits per heavy atom. The van der Waals surface area contributed by atoms with Crippen molar-refractivity contribution in [2.75, 3.05) is 5.32 Å². The quantitative estimate of drug-likeness (QED) is 0.834. The lowest BCUT2D eigenvalue weighted by atomic mass is 10.2. The molecule has 0 saturated carbocycles. The molecule has 0 heterocycles. The Morgan fingerprint density at radius 1 is 1.11 bits per heavy atom. The van der Waals surface area contributed by atoms with Crippen LogP contribution in [0.15, 0.2) is 40.9 Å². The molecule has 0 fully saturated rings. The van der Waals surface area contributed by atoms with Crippen molar-refractivity contribution in [3.63, 3.8) is 0 Å². The van der Waals surface area contributed by atoms with E-state index in [1.807, 2.05) is 0 Å². The molecule has 2 aromatic carbocycles. The van der Waals surface area contributed by atoms with E-state index in [-0.39, 0.29) is 10.8 Å². The lowest BCUT2D eigenvalue weighted by Gasteiger charge is -2.09. The second-order valence-corrected chi connectivity index (χ2v) is 4.99. The maximum atomic E-state index is 13.0. The first-order chi connectivity index (χ1) is 8.56. The summed E-state index contributed by atoms with van der Waals surface area (Å²) < 4.78 is 26.5. The summed E-state index contributed by atoms with van der Waals surface area (Å²) in [6.07, 6.45) is 0. The van der Waals surface area contributed by atoms with Crippen LogP contribution in [-0.2, 0) is 6.54 Å². The van der Waals surface area contributed by atoms with Gasteiger partial charge in [0.2, 0.25) is 0 Å². The van der Waals surface area contributed by atoms with E-state index in [4.69, 9.17) is 11.6 Å². The van der Waals surface area contributed by atoms with Crippen molar-refractivity contribution in [3.8, 4) is 0 Å². The molecule has 0 aliphatic heterocycles. The molecule has 18 heavy (non-hydrogen) atoms. The largest absolute Gasteiger partial charge is 0.380 e. The van der Waals surface area contributed by atoms with Crippen LogP contribution in [0.2, 0.25) is 5.02 Å². The number of hydrogen-bond acceptors (Lipinski definition) is 1. The zero-order chi connectivity index (χ0) is 13.1. The summed E-state index contributed by atoms with van der Waals surface area (Å²) in [6.45, 7) is 0.476. The summed E-state index contributed by atoms with van der Waals surface area (Å²) in [7, 11) is 0. The van der Waals surface area contributed by atoms with Gasteiger partial charge in [-0.25, -0.2) is 8.78 Å². The Bertz CT molecular complexity index is 575. The van der Waals surface area contributed by atoms with Gasteiger partial charge in [-0.05, 0) is 51.8 Å². The number of hydrogen-bond donors (Lipinski definition) is 1. The highest BCUT2D eigenvalue weighted by Crippen LogP contribution is 2.24. The van der Waals surface area contributed by atoms with E-state index in [9.17, 15) is 8.78 Å². The maximum absolute atomic E-state index is 13.0. The predicted octanol–water partition coefficient (Wildman–Crippen LogP) is 4.99. The van der Waals surface area contributed by atoms with Crippen molar-refractivity contribution in [2.24, 2.45) is 0 Å². The first kappa shape index (κ1) is 13.3. The Balaban J connectivity index is 2.09. The molecule has 0 spiro atoms. The molecule has 0 aromatic heterocycles. The Morgan fingerprint density at radius 2 is 1.89 bits per heavy atom. The highest BCUT2D eigenvalue weighted by atomic mass is 79.9. The van der Waals surface area contributed by atoms with Crippen LogP contribution in [-0.4, -0.2) is 0 Å². The standard InChI is InChI=1S/C13H9BrClF2N/c14-10-6-9(16)2-4-13(10)18-7-8-1-3-12(17)11(15)5-8/h1-6,18H,7H2. The van der Waals surface area contributed by atoms with Gasteiger partial charge in [-0.15, -0.1) is 0 Å². The van der Waals surface area contributed by atoms with Gasteiger partial charge in [-0.1, -0.05) is 17.7 Å². The van der Waals surface area contributed by atoms with Crippen LogP contribution in [0.3, 0.4) is 0 Å². The monoisotopic (exact) mass is 331 g/mol. The van der Waals surface area contributed by atoms with Gasteiger partial charge in [0.05, 0.1) is 5.02 Å². The highest BCUT2D eigenvalue weighted by Gasteiger charge is 2.03. The third-order valence-electron chi connectivity index (χ3n) is 2.40. The van der Waals surface area contributed by atoms with Crippen molar-refractivity contribution in [1.82, 2.24) is 0 Å². The van der Waals surface area contributed by atoms with Gasteiger partial charge >= 0.3 is 0 Å². The van der Waals surface area contributed by atoms with Crippen molar-refractivity contribution < 1.29 is 8.78 Å². The highest BCUT2D eigenvalue weighted by molar-refractivity contribution is 9.10. The maximum Gasteiger partial charge on any atom is 0.141 e. The number of nitrogens with one attached hydrogen (secondary N) is 1. The SMILES string of the molecule is Fc1ccc(NCc2ccc(F)c(Cl)c2)c(Br)c1. The van der Waals surface area contributed by atoms with Crippen molar-refractivity contribution in [1.29, 1.82) is 0 Å². The number of benzene rings is 2. The van der Waals surface area contributed by atoms with Gasteiger partial charge < -0.3 is 5.32 Å². The topological polar surface area (TPSA) is 12.0 Å². The van der Waals surface area contributed by atoms with Crippen LogP contribution in [0.1, 0.15) is 5.56 Å². The molecule has 0 amide bonds. The fraction of sp³-hybridized carbons (Fsp3) is 0.0769. The minimum atomic E-state index is -0.441. The van der Waals surface area contributed by atoms with Crippen LogP contribution in [0.5, 0.6) is 0 Å². The molecule has 0 saturated heterocycles. The average Bonchev–Trinajstić information content (AvgIpc) is 2.32. The van der Waals surface area contributed by atoms with Crippen LogP contribution in [0.25, 0.3) is 0 Å². The molecule has 0 unspecified atom stereocenters. The molecule has 2 rings (SSSR count). The second kappa shape index (κ2) is 5.67. The van der Waals surface area contributed by atoms with Crippen LogP contribution >= 0.6 is 27.5 Å². The molecule has 94 valence electrons. The Hall–Kier alpha value is -1.13. The van der Waals surface area contributed by atoms with Gasteiger partial charge in [-0.2, -0.15) is 0 Å². The molecule has 0 aliphatic rings. The number of rotatable bonds is 3. The normalized spacial score (nSPS) is 10.4. The van der Waals surface area contributed by atoms with Gasteiger partial charge in [0, 0.05) is 16.7 Å². The van der Waals surface area contributed by atoms with Crippen molar-refractivity contribution in [2.45, 2.75) is 6.54 Å². The molecule has 0 radical (unpaired) electrons. The van der Waals surface area contributed by atoms with Crippen molar-refractivity contribution >= 4 is 33.2 Å². The minimum absolute atomic E-state index is 0.0903. The zero-order valence-electron chi connectivity index (χ0n) is 9.18. The minimum Gasteiger partial charge on any atom is -0.380 e. The summed E-state index contributed by atoms with van der Waals surface area (Å²) in [5, 5.41) is 3.20. The summed E-state index contributed by atoms with van der Waals surface area (Å²) in [6, 6.07) is 8.89. The van der Waals surface area contributed by atoms with E-state index in [0.29, 0.717) is 11.0 Å². The zero-order valence-corrected chi connectivity index (χ0v) is 11.5. The van der Waals surface area contributed by atoms with E-state index in [1.165, 1.54) is 18.2 Å². The third kappa shape index (κ3) is 3.21. The lowest BCUT2D eigenvalue weighted by molar-refractivity contribution is 0.626. The Kier molecular flexibility index (Phi) is 4.19. The van der Waals surface area contributed by atoms with Crippen LogP contribution < -0.4 is 5.32 Å². The summed E-state index contributed by atoms with van der Waals surface area (Å²) in [5.74, 6) is -0.749. The molecule has 5 heteroatoms. The Labute approximate surface area is 117 Å². The molecule has 0 aliphatic carbocycles. The lowest BCUT2D eigenvalue weighted by Crippen LogP contribution is -2.00. The van der Waals surface area contributed by atoms with Gasteiger partial charge in [0.15, 0.2) is 0 Å². The first-order valence-corrected chi connectivity index (χ1v) is 6.36. The summed E-state index contributed by atoms with van der Waals surface area (Å²) in [4.78, 5) is 0. The van der Waals surface area contributed by atoms with Crippen molar-refractivity contribution in [3.05, 3.63) is 63.1 Å². The van der Waals surface area contributed by atoms with Gasteiger partial charge in [-0.3, -0.25) is 0 Å². The molecule has 1 nitrogen and oxygen atoms in total. The second-order valence-electron chi connectivity index (χ2n) is 3.73. The number of halogens is 4. The summed E-state index contributed by atoms with van der Waals surface area (Å²) in [5.41, 5.74) is 1.61. The van der Waals surface area contributed by atoms with Crippen LogP contribution in [0, 0.1) is 11.6 Å². The molecular formula is C13H9BrClF2N. The number of anilines is 1. The van der Waals surface area contributed by atoms with Gasteiger partial charge in [0.1, 0.15) is 11.6 Å². The van der Waals surface area contributed by atoms with E-state index >= 15 is 0 Å².